The Morgan fingerprint density at radius 1 is 1.24 bits per heavy atom. The molecule has 2 aromatic rings. The van der Waals surface area contributed by atoms with Gasteiger partial charge in [-0.05, 0) is 38.6 Å². The van der Waals surface area contributed by atoms with Gasteiger partial charge in [0.25, 0.3) is 5.91 Å². The molecule has 29 heavy (non-hydrogen) atoms. The summed E-state index contributed by atoms with van der Waals surface area (Å²) in [6.45, 7) is 5.61. The smallest absolute Gasteiger partial charge is 0.276 e. The Balaban J connectivity index is 1.34. The van der Waals surface area contributed by atoms with E-state index in [4.69, 9.17) is 9.51 Å². The largest absolute Gasteiger partial charge is 0.360 e. The second kappa shape index (κ2) is 7.52. The molecule has 1 saturated heterocycles. The van der Waals surface area contributed by atoms with E-state index >= 15 is 0 Å². The van der Waals surface area contributed by atoms with Crippen molar-refractivity contribution in [2.45, 2.75) is 57.9 Å². The topological polar surface area (TPSA) is 75.4 Å². The van der Waals surface area contributed by atoms with Gasteiger partial charge in [0.2, 0.25) is 0 Å². The van der Waals surface area contributed by atoms with Crippen molar-refractivity contribution in [2.24, 2.45) is 5.92 Å². The Bertz CT molecular complexity index is 924. The van der Waals surface area contributed by atoms with Crippen LogP contribution >= 0.6 is 0 Å². The first-order valence-electron chi connectivity index (χ1n) is 10.9. The molecule has 1 aliphatic carbocycles. The predicted molar refractivity (Wildman–Crippen MR) is 108 cm³/mol. The highest BCUT2D eigenvalue weighted by atomic mass is 16.5. The van der Waals surface area contributed by atoms with Gasteiger partial charge >= 0.3 is 0 Å². The zero-order chi connectivity index (χ0) is 20.0. The van der Waals surface area contributed by atoms with E-state index in [-0.39, 0.29) is 11.8 Å². The summed E-state index contributed by atoms with van der Waals surface area (Å²) in [7, 11) is 2.13. The summed E-state index contributed by atoms with van der Waals surface area (Å²) in [5.74, 6) is 2.57. The molecule has 0 unspecified atom stereocenters. The van der Waals surface area contributed by atoms with E-state index in [9.17, 15) is 4.79 Å². The van der Waals surface area contributed by atoms with Crippen LogP contribution in [0.25, 0.3) is 0 Å². The molecule has 4 heterocycles. The zero-order valence-electron chi connectivity index (χ0n) is 17.4. The summed E-state index contributed by atoms with van der Waals surface area (Å²) in [4.78, 5) is 27.0. The van der Waals surface area contributed by atoms with Crippen molar-refractivity contribution in [3.05, 3.63) is 40.3 Å². The lowest BCUT2D eigenvalue weighted by Gasteiger charge is -2.32. The van der Waals surface area contributed by atoms with E-state index in [2.05, 4.69) is 29.0 Å². The number of hydrogen-bond donors (Lipinski definition) is 0. The van der Waals surface area contributed by atoms with Crippen molar-refractivity contribution in [3.63, 3.8) is 0 Å². The van der Waals surface area contributed by atoms with Crippen LogP contribution in [-0.2, 0) is 25.8 Å². The van der Waals surface area contributed by atoms with E-state index < -0.39 is 0 Å². The average molecular weight is 396 g/mol. The van der Waals surface area contributed by atoms with Gasteiger partial charge in [0.1, 0.15) is 11.6 Å². The first-order chi connectivity index (χ1) is 14.1. The molecule has 1 amide bonds. The molecular formula is C22H29N5O2. The van der Waals surface area contributed by atoms with Crippen LogP contribution in [-0.4, -0.2) is 57.5 Å². The predicted octanol–water partition coefficient (Wildman–Crippen LogP) is 2.60. The number of aromatic nitrogens is 3. The number of likely N-dealkylation sites (N-methyl/N-ethyl adjacent to an activating group) is 1. The number of piperidine rings is 1. The van der Waals surface area contributed by atoms with Gasteiger partial charge in [-0.2, -0.15) is 0 Å². The van der Waals surface area contributed by atoms with E-state index in [1.54, 1.807) is 0 Å². The van der Waals surface area contributed by atoms with E-state index in [0.717, 1.165) is 75.3 Å². The number of likely N-dealkylation sites (tertiary alicyclic amines) is 1. The Labute approximate surface area is 171 Å². The van der Waals surface area contributed by atoms with Crippen LogP contribution in [0.2, 0.25) is 0 Å². The monoisotopic (exact) mass is 395 g/mol. The maximum Gasteiger partial charge on any atom is 0.276 e. The number of aryl methyl sites for hydroxylation is 1. The average Bonchev–Trinajstić information content (AvgIpc) is 3.16. The fourth-order valence-corrected chi connectivity index (χ4v) is 4.94. The zero-order valence-corrected chi connectivity index (χ0v) is 17.4. The molecule has 0 aromatic carbocycles. The van der Waals surface area contributed by atoms with E-state index in [1.807, 2.05) is 11.1 Å². The Morgan fingerprint density at radius 3 is 3.03 bits per heavy atom. The van der Waals surface area contributed by atoms with Crippen LogP contribution in [0.3, 0.4) is 0 Å². The molecule has 0 radical (unpaired) electrons. The standard InChI is InChI=1S/C22H29N5O2/c1-14-5-6-19-17(10-14)20(25-29-19)22(28)27-8-3-4-15(13-27)21-23-11-16-12-26(2)9-7-18(16)24-21/h11,14-15H,3-10,12-13H2,1-2H3/t14-,15+/m1/s1. The fourth-order valence-electron chi connectivity index (χ4n) is 4.94. The fraction of sp³-hybridized carbons (Fsp3) is 0.636. The maximum absolute atomic E-state index is 13.2. The molecule has 2 aromatic heterocycles. The van der Waals surface area contributed by atoms with Crippen LogP contribution in [0.5, 0.6) is 0 Å². The molecule has 3 aliphatic rings. The van der Waals surface area contributed by atoms with Crippen LogP contribution in [0, 0.1) is 5.92 Å². The Morgan fingerprint density at radius 2 is 2.14 bits per heavy atom. The minimum atomic E-state index is 0.00776. The number of fused-ring (bicyclic) bond motifs is 2. The van der Waals surface area contributed by atoms with Gasteiger partial charge in [0.05, 0.1) is 0 Å². The second-order valence-electron chi connectivity index (χ2n) is 9.06. The first-order valence-corrected chi connectivity index (χ1v) is 10.9. The highest BCUT2D eigenvalue weighted by molar-refractivity contribution is 5.94. The quantitative estimate of drug-likeness (QED) is 0.778. The summed E-state index contributed by atoms with van der Waals surface area (Å²) in [5, 5.41) is 4.17. The number of nitrogens with zero attached hydrogens (tertiary/aromatic N) is 5. The Kier molecular flexibility index (Phi) is 4.86. The number of amides is 1. The highest BCUT2D eigenvalue weighted by Gasteiger charge is 2.33. The minimum Gasteiger partial charge on any atom is -0.360 e. The number of hydrogen-bond acceptors (Lipinski definition) is 6. The third-order valence-corrected chi connectivity index (χ3v) is 6.71. The van der Waals surface area contributed by atoms with Crippen molar-refractivity contribution in [1.29, 1.82) is 0 Å². The molecule has 5 rings (SSSR count). The van der Waals surface area contributed by atoms with Gasteiger partial charge in [-0.3, -0.25) is 4.79 Å². The van der Waals surface area contributed by atoms with Gasteiger partial charge in [0.15, 0.2) is 5.69 Å². The van der Waals surface area contributed by atoms with Crippen molar-refractivity contribution >= 4 is 5.91 Å². The molecule has 154 valence electrons. The number of carbonyl (C=O) groups is 1. The molecular weight excluding hydrogens is 366 g/mol. The lowest BCUT2D eigenvalue weighted by molar-refractivity contribution is 0.0692. The Hall–Kier alpha value is -2.28. The minimum absolute atomic E-state index is 0.00776. The molecule has 1 fully saturated rings. The summed E-state index contributed by atoms with van der Waals surface area (Å²) < 4.78 is 5.50. The van der Waals surface area contributed by atoms with Crippen LogP contribution in [0.15, 0.2) is 10.7 Å². The van der Waals surface area contributed by atoms with Gasteiger partial charge < -0.3 is 14.3 Å². The highest BCUT2D eigenvalue weighted by Crippen LogP contribution is 2.31. The lowest BCUT2D eigenvalue weighted by Crippen LogP contribution is -2.40. The SMILES string of the molecule is C[C@@H]1CCc2onc(C(=O)N3CCC[C@H](c4ncc5c(n4)CCN(C)C5)C3)c2C1. The number of rotatable bonds is 2. The van der Waals surface area contributed by atoms with E-state index in [1.165, 1.54) is 11.3 Å². The van der Waals surface area contributed by atoms with Crippen molar-refractivity contribution in [3.8, 4) is 0 Å². The molecule has 0 bridgehead atoms. The summed E-state index contributed by atoms with van der Waals surface area (Å²) in [6.07, 6.45) is 7.83. The second-order valence-corrected chi connectivity index (χ2v) is 9.06. The van der Waals surface area contributed by atoms with Crippen molar-refractivity contribution in [1.82, 2.24) is 24.9 Å². The molecule has 7 heteroatoms. The number of carbonyl (C=O) groups excluding carboxylic acids is 1. The third-order valence-electron chi connectivity index (χ3n) is 6.71. The van der Waals surface area contributed by atoms with Gasteiger partial charge in [0, 0.05) is 68.0 Å². The summed E-state index contributed by atoms with van der Waals surface area (Å²) >= 11 is 0. The summed E-state index contributed by atoms with van der Waals surface area (Å²) in [6, 6.07) is 0. The van der Waals surface area contributed by atoms with Gasteiger partial charge in [-0.15, -0.1) is 0 Å². The van der Waals surface area contributed by atoms with Crippen LogP contribution in [0.1, 0.15) is 71.0 Å². The summed E-state index contributed by atoms with van der Waals surface area (Å²) in [5.41, 5.74) is 3.97. The maximum atomic E-state index is 13.2. The molecule has 2 atom stereocenters. The lowest BCUT2D eigenvalue weighted by atomic mass is 9.88. The molecule has 0 saturated carbocycles. The van der Waals surface area contributed by atoms with Crippen LogP contribution in [0.4, 0.5) is 0 Å². The first kappa shape index (κ1) is 18.7. The molecule has 7 nitrogen and oxygen atoms in total. The van der Waals surface area contributed by atoms with Gasteiger partial charge in [-0.25, -0.2) is 9.97 Å². The van der Waals surface area contributed by atoms with Gasteiger partial charge in [-0.1, -0.05) is 12.1 Å². The normalized spacial score (nSPS) is 24.8. The van der Waals surface area contributed by atoms with Crippen molar-refractivity contribution < 1.29 is 9.32 Å². The van der Waals surface area contributed by atoms with Crippen molar-refractivity contribution in [2.75, 3.05) is 26.7 Å². The molecule has 2 aliphatic heterocycles. The third kappa shape index (κ3) is 3.56. The molecule has 0 N–H and O–H groups in total. The van der Waals surface area contributed by atoms with E-state index in [0.29, 0.717) is 18.2 Å². The molecule has 0 spiro atoms. The van der Waals surface area contributed by atoms with Crippen LogP contribution < -0.4 is 0 Å².